The van der Waals surface area contributed by atoms with Crippen molar-refractivity contribution in [1.29, 1.82) is 0 Å². The van der Waals surface area contributed by atoms with Crippen molar-refractivity contribution in [2.45, 2.75) is 70.6 Å². The van der Waals surface area contributed by atoms with Crippen LogP contribution in [0.25, 0.3) is 11.1 Å². The minimum atomic E-state index is -0.218. The SMILES string of the molecule is CC1(C)CCC(C)(C)c2cc3c(cc21)Oc1cccc2c1B3c1cc3c(cc1O2)-c1ccc(N(c2ccccc2)c2ccccc2)cc1C3(C)C. The minimum absolute atomic E-state index is 0.0295. The second-order valence-electron chi connectivity index (χ2n) is 16.8. The maximum absolute atomic E-state index is 6.82. The molecule has 250 valence electrons. The maximum Gasteiger partial charge on any atom is 0.260 e. The minimum Gasteiger partial charge on any atom is -0.458 e. The summed E-state index contributed by atoms with van der Waals surface area (Å²) in [4.78, 5) is 2.36. The van der Waals surface area contributed by atoms with E-state index in [0.717, 1.165) is 45.5 Å². The van der Waals surface area contributed by atoms with E-state index in [4.69, 9.17) is 9.47 Å². The van der Waals surface area contributed by atoms with Gasteiger partial charge in [0.05, 0.1) is 0 Å². The van der Waals surface area contributed by atoms with Crippen molar-refractivity contribution in [3.63, 3.8) is 0 Å². The molecule has 0 amide bonds. The molecule has 0 fully saturated rings. The normalized spacial score (nSPS) is 17.4. The fraction of sp³-hybridized carbons (Fsp3) is 0.234. The molecule has 6 aromatic carbocycles. The first-order valence-corrected chi connectivity index (χ1v) is 18.4. The topological polar surface area (TPSA) is 21.7 Å². The van der Waals surface area contributed by atoms with Gasteiger partial charge in [0.2, 0.25) is 0 Å². The van der Waals surface area contributed by atoms with E-state index in [2.05, 4.69) is 168 Å². The van der Waals surface area contributed by atoms with Crippen LogP contribution in [-0.4, -0.2) is 6.71 Å². The summed E-state index contributed by atoms with van der Waals surface area (Å²) in [7, 11) is 0. The molecule has 0 radical (unpaired) electrons. The lowest BCUT2D eigenvalue weighted by molar-refractivity contribution is 0.330. The van der Waals surface area contributed by atoms with Crippen molar-refractivity contribution in [3.05, 3.63) is 144 Å². The number of ether oxygens (including phenoxy) is 2. The molecule has 0 saturated heterocycles. The first-order valence-electron chi connectivity index (χ1n) is 18.4. The van der Waals surface area contributed by atoms with E-state index in [1.807, 2.05) is 0 Å². The predicted octanol–water partition coefficient (Wildman–Crippen LogP) is 10.5. The van der Waals surface area contributed by atoms with Crippen LogP contribution in [0.15, 0.2) is 121 Å². The van der Waals surface area contributed by atoms with Crippen LogP contribution in [0.2, 0.25) is 0 Å². The number of fused-ring (bicyclic) bond motifs is 8. The number of para-hydroxylation sites is 2. The van der Waals surface area contributed by atoms with Gasteiger partial charge in [-0.2, -0.15) is 0 Å². The Labute approximate surface area is 302 Å². The molecule has 0 aromatic heterocycles. The molecule has 2 aliphatic carbocycles. The van der Waals surface area contributed by atoms with Crippen LogP contribution in [0.5, 0.6) is 23.0 Å². The third-order valence-electron chi connectivity index (χ3n) is 12.4. The molecule has 51 heavy (non-hydrogen) atoms. The molecule has 10 rings (SSSR count). The second-order valence-corrected chi connectivity index (χ2v) is 16.8. The molecule has 2 aliphatic heterocycles. The van der Waals surface area contributed by atoms with Gasteiger partial charge in [0, 0.05) is 27.9 Å². The average molecular weight is 664 g/mol. The fourth-order valence-corrected chi connectivity index (χ4v) is 9.45. The van der Waals surface area contributed by atoms with E-state index < -0.39 is 0 Å². The molecule has 0 unspecified atom stereocenters. The predicted molar refractivity (Wildman–Crippen MR) is 212 cm³/mol. The van der Waals surface area contributed by atoms with Crippen LogP contribution >= 0.6 is 0 Å². The lowest BCUT2D eigenvalue weighted by Gasteiger charge is -2.43. The van der Waals surface area contributed by atoms with E-state index in [-0.39, 0.29) is 23.0 Å². The highest BCUT2D eigenvalue weighted by molar-refractivity contribution is 6.98. The van der Waals surface area contributed by atoms with Crippen molar-refractivity contribution in [2.75, 3.05) is 4.90 Å². The summed E-state index contributed by atoms with van der Waals surface area (Å²) in [5.74, 6) is 3.72. The van der Waals surface area contributed by atoms with Crippen molar-refractivity contribution < 1.29 is 9.47 Å². The summed E-state index contributed by atoms with van der Waals surface area (Å²) in [5.41, 5.74) is 15.1. The van der Waals surface area contributed by atoms with E-state index in [0.29, 0.717) is 0 Å². The molecule has 2 heterocycles. The van der Waals surface area contributed by atoms with Crippen molar-refractivity contribution in [1.82, 2.24) is 0 Å². The zero-order valence-corrected chi connectivity index (χ0v) is 30.3. The Morgan fingerprint density at radius 1 is 0.471 bits per heavy atom. The Hall–Kier alpha value is -5.22. The lowest BCUT2D eigenvalue weighted by Crippen LogP contribution is -2.58. The fourth-order valence-electron chi connectivity index (χ4n) is 9.45. The zero-order valence-electron chi connectivity index (χ0n) is 30.3. The van der Waals surface area contributed by atoms with Crippen LogP contribution in [0.3, 0.4) is 0 Å². The average Bonchev–Trinajstić information content (AvgIpc) is 3.34. The van der Waals surface area contributed by atoms with Crippen LogP contribution in [0.1, 0.15) is 76.6 Å². The van der Waals surface area contributed by atoms with Crippen molar-refractivity contribution >= 4 is 40.2 Å². The number of rotatable bonds is 3. The monoisotopic (exact) mass is 663 g/mol. The second kappa shape index (κ2) is 10.4. The third kappa shape index (κ3) is 4.38. The van der Waals surface area contributed by atoms with Crippen molar-refractivity contribution in [3.8, 4) is 34.1 Å². The highest BCUT2D eigenvalue weighted by atomic mass is 16.5. The Balaban J connectivity index is 1.14. The number of anilines is 3. The number of hydrogen-bond donors (Lipinski definition) is 0. The first kappa shape index (κ1) is 30.6. The molecular formula is C47H42BNO2. The molecule has 0 N–H and O–H groups in total. The third-order valence-corrected chi connectivity index (χ3v) is 12.4. The van der Waals surface area contributed by atoms with Gasteiger partial charge in [0.1, 0.15) is 23.0 Å². The summed E-state index contributed by atoms with van der Waals surface area (Å²) in [6.07, 6.45) is 2.34. The molecule has 6 aromatic rings. The summed E-state index contributed by atoms with van der Waals surface area (Å²) >= 11 is 0. The smallest absolute Gasteiger partial charge is 0.260 e. The largest absolute Gasteiger partial charge is 0.458 e. The molecule has 0 atom stereocenters. The number of benzene rings is 6. The molecule has 0 spiro atoms. The van der Waals surface area contributed by atoms with Crippen LogP contribution < -0.4 is 30.8 Å². The summed E-state index contributed by atoms with van der Waals surface area (Å²) < 4.78 is 13.6. The van der Waals surface area contributed by atoms with Crippen LogP contribution in [0.4, 0.5) is 17.1 Å². The first-order chi connectivity index (χ1) is 24.5. The highest BCUT2D eigenvalue weighted by Crippen LogP contribution is 2.53. The van der Waals surface area contributed by atoms with Gasteiger partial charge in [0.25, 0.3) is 6.71 Å². The standard InChI is InChI=1S/C47H42BNO2/c1-45(2)22-23-46(3,4)37-28-43-39(27-36(37)45)48-38-26-35-33(25-42(38)50-40-18-13-19-41(51-43)44(40)48)32-21-20-31(24-34(32)47(35,5)6)49(29-14-9-7-10-15-29)30-16-11-8-12-17-30/h7-21,24-28H,22-23H2,1-6H3. The highest BCUT2D eigenvalue weighted by Gasteiger charge is 2.46. The Bertz CT molecular complexity index is 2370. The molecule has 0 bridgehead atoms. The van der Waals surface area contributed by atoms with Crippen molar-refractivity contribution in [2.24, 2.45) is 0 Å². The number of nitrogens with zero attached hydrogens (tertiary/aromatic N) is 1. The van der Waals surface area contributed by atoms with Gasteiger partial charge in [-0.3, -0.25) is 0 Å². The van der Waals surface area contributed by atoms with Gasteiger partial charge in [-0.15, -0.1) is 0 Å². The lowest BCUT2D eigenvalue weighted by atomic mass is 9.34. The molecule has 4 heteroatoms. The van der Waals surface area contributed by atoms with Gasteiger partial charge in [0.15, 0.2) is 0 Å². The van der Waals surface area contributed by atoms with E-state index in [1.165, 1.54) is 57.1 Å². The Morgan fingerprint density at radius 3 is 1.61 bits per heavy atom. The Kier molecular flexibility index (Phi) is 6.25. The van der Waals surface area contributed by atoms with Gasteiger partial charge >= 0.3 is 0 Å². The molecule has 4 aliphatic rings. The van der Waals surface area contributed by atoms with Gasteiger partial charge < -0.3 is 14.4 Å². The summed E-state index contributed by atoms with van der Waals surface area (Å²) in [6.45, 7) is 14.4. The quantitative estimate of drug-likeness (QED) is 0.176. The van der Waals surface area contributed by atoms with Gasteiger partial charge in [-0.25, -0.2) is 0 Å². The summed E-state index contributed by atoms with van der Waals surface area (Å²) in [6, 6.07) is 44.2. The van der Waals surface area contributed by atoms with Gasteiger partial charge in [-0.05, 0) is 129 Å². The van der Waals surface area contributed by atoms with Crippen LogP contribution in [0, 0.1) is 0 Å². The molecule has 0 saturated carbocycles. The van der Waals surface area contributed by atoms with E-state index in [1.54, 1.807) is 0 Å². The maximum atomic E-state index is 6.82. The Morgan fingerprint density at radius 2 is 1.00 bits per heavy atom. The van der Waals surface area contributed by atoms with Gasteiger partial charge in [-0.1, -0.05) is 102 Å². The van der Waals surface area contributed by atoms with Crippen LogP contribution in [-0.2, 0) is 16.2 Å². The van der Waals surface area contributed by atoms with E-state index >= 15 is 0 Å². The zero-order chi connectivity index (χ0) is 34.9. The van der Waals surface area contributed by atoms with E-state index in [9.17, 15) is 0 Å². The molecular weight excluding hydrogens is 621 g/mol. The molecule has 3 nitrogen and oxygen atoms in total. The number of hydrogen-bond acceptors (Lipinski definition) is 3. The summed E-state index contributed by atoms with van der Waals surface area (Å²) in [5, 5.41) is 0.